The molecule has 0 saturated carbocycles. The number of rotatable bonds is 2. The summed E-state index contributed by atoms with van der Waals surface area (Å²) >= 11 is 1.35. The van der Waals surface area contributed by atoms with Gasteiger partial charge in [0.2, 0.25) is 5.78 Å². The first-order valence-corrected chi connectivity index (χ1v) is 9.01. The molecule has 1 heterocycles. The van der Waals surface area contributed by atoms with Crippen molar-refractivity contribution in [3.05, 3.63) is 88.3 Å². The lowest BCUT2D eigenvalue weighted by Crippen LogP contribution is -2.02. The van der Waals surface area contributed by atoms with Crippen molar-refractivity contribution in [3.63, 3.8) is 0 Å². The van der Waals surface area contributed by atoms with Crippen molar-refractivity contribution in [1.29, 1.82) is 0 Å². The molecular weight excluding hydrogens is 328 g/mol. The number of aromatic hydroxyl groups is 1. The fraction of sp³-hybridized carbons (Fsp3) is 0.0455. The molecule has 1 aliphatic rings. The van der Waals surface area contributed by atoms with Gasteiger partial charge >= 0.3 is 0 Å². The summed E-state index contributed by atoms with van der Waals surface area (Å²) in [7, 11) is 0. The molecule has 120 valence electrons. The van der Waals surface area contributed by atoms with Crippen LogP contribution in [0.3, 0.4) is 0 Å². The smallest absolute Gasteiger partial charge is 0.207 e. The van der Waals surface area contributed by atoms with Crippen LogP contribution in [0.4, 0.5) is 0 Å². The number of fused-ring (bicyclic) bond motifs is 4. The Hall–Kier alpha value is -2.91. The van der Waals surface area contributed by atoms with Crippen molar-refractivity contribution < 1.29 is 9.90 Å². The molecule has 2 nitrogen and oxygen atoms in total. The first-order valence-electron chi connectivity index (χ1n) is 8.19. The number of ketones is 1. The number of thiophene rings is 1. The maximum Gasteiger partial charge on any atom is 0.207 e. The number of carbonyl (C=O) groups excluding carboxylic acids is 1. The molecule has 0 spiro atoms. The first-order chi connectivity index (χ1) is 12.2. The van der Waals surface area contributed by atoms with Crippen LogP contribution in [0, 0.1) is 0 Å². The molecular formula is C22H14O2S. The first kappa shape index (κ1) is 14.4. The average molecular weight is 342 g/mol. The quantitative estimate of drug-likeness (QED) is 0.436. The minimum atomic E-state index is -0.104. The monoisotopic (exact) mass is 342 g/mol. The van der Waals surface area contributed by atoms with Crippen LogP contribution >= 0.6 is 11.3 Å². The van der Waals surface area contributed by atoms with Crippen LogP contribution in [0.2, 0.25) is 0 Å². The number of hydrogen-bond donors (Lipinski definition) is 1. The second kappa shape index (κ2) is 5.30. The molecule has 0 saturated heterocycles. The fourth-order valence-electron chi connectivity index (χ4n) is 3.69. The van der Waals surface area contributed by atoms with E-state index in [1.54, 1.807) is 0 Å². The zero-order valence-corrected chi connectivity index (χ0v) is 14.1. The van der Waals surface area contributed by atoms with Crippen molar-refractivity contribution in [2.45, 2.75) is 6.42 Å². The van der Waals surface area contributed by atoms with Crippen LogP contribution in [0.5, 0.6) is 5.75 Å². The second-order valence-corrected chi connectivity index (χ2v) is 7.33. The van der Waals surface area contributed by atoms with Crippen LogP contribution in [0.25, 0.3) is 21.2 Å². The van der Waals surface area contributed by atoms with E-state index >= 15 is 0 Å². The summed E-state index contributed by atoms with van der Waals surface area (Å²) < 4.78 is 0.927. The van der Waals surface area contributed by atoms with Gasteiger partial charge in [0.15, 0.2) is 0 Å². The zero-order chi connectivity index (χ0) is 17.0. The Morgan fingerprint density at radius 2 is 1.64 bits per heavy atom. The summed E-state index contributed by atoms with van der Waals surface area (Å²) in [5, 5.41) is 11.3. The molecule has 25 heavy (non-hydrogen) atoms. The third-order valence-electron chi connectivity index (χ3n) is 4.84. The molecule has 0 amide bonds. The fourth-order valence-corrected chi connectivity index (χ4v) is 4.74. The summed E-state index contributed by atoms with van der Waals surface area (Å²) in [4.78, 5) is 13.7. The molecule has 5 rings (SSSR count). The van der Waals surface area contributed by atoms with Gasteiger partial charge in [-0.3, -0.25) is 4.79 Å². The van der Waals surface area contributed by atoms with Gasteiger partial charge in [0.25, 0.3) is 0 Å². The molecule has 1 aliphatic carbocycles. The summed E-state index contributed by atoms with van der Waals surface area (Å²) in [6.07, 6.45) is 0.852. The van der Waals surface area contributed by atoms with Gasteiger partial charge in [0.05, 0.1) is 0 Å². The van der Waals surface area contributed by atoms with E-state index in [1.165, 1.54) is 22.5 Å². The Morgan fingerprint density at radius 3 is 2.52 bits per heavy atom. The van der Waals surface area contributed by atoms with Gasteiger partial charge < -0.3 is 5.11 Å². The molecule has 0 unspecified atom stereocenters. The molecule has 1 aromatic heterocycles. The molecule has 1 N–H and O–H groups in total. The molecule has 4 aromatic rings. The van der Waals surface area contributed by atoms with E-state index in [2.05, 4.69) is 18.2 Å². The molecule has 0 radical (unpaired) electrons. The Bertz CT molecular complexity index is 1150. The standard InChI is InChI=1S/C22H14O2S/c23-20-16-9-3-4-11-18(16)25-22(20)21(24)17-10-5-7-14-12-13-6-1-2-8-15(13)19(14)17/h1-11,23H,12H2. The molecule has 0 fully saturated rings. The second-order valence-electron chi connectivity index (χ2n) is 6.28. The molecule has 0 aliphatic heterocycles. The highest BCUT2D eigenvalue weighted by molar-refractivity contribution is 7.21. The van der Waals surface area contributed by atoms with Crippen LogP contribution in [0.1, 0.15) is 26.4 Å². The van der Waals surface area contributed by atoms with E-state index in [-0.39, 0.29) is 11.5 Å². The van der Waals surface area contributed by atoms with Gasteiger partial charge in [-0.1, -0.05) is 54.6 Å². The van der Waals surface area contributed by atoms with E-state index in [4.69, 9.17) is 0 Å². The van der Waals surface area contributed by atoms with Crippen molar-refractivity contribution in [2.75, 3.05) is 0 Å². The van der Waals surface area contributed by atoms with E-state index in [1.807, 2.05) is 48.5 Å². The highest BCUT2D eigenvalue weighted by Crippen LogP contribution is 2.42. The topological polar surface area (TPSA) is 37.3 Å². The SMILES string of the molecule is O=C(c1cccc2c1-c1ccccc1C2)c1sc2ccccc2c1O. The maximum atomic E-state index is 13.3. The number of carbonyl (C=O) groups is 1. The Kier molecular flexibility index (Phi) is 3.06. The minimum absolute atomic E-state index is 0.0921. The van der Waals surface area contributed by atoms with E-state index in [9.17, 15) is 9.90 Å². The van der Waals surface area contributed by atoms with Crippen LogP contribution in [-0.2, 0) is 6.42 Å². The van der Waals surface area contributed by atoms with Crippen molar-refractivity contribution in [3.8, 4) is 16.9 Å². The lowest BCUT2D eigenvalue weighted by Gasteiger charge is -2.08. The Balaban J connectivity index is 1.72. The number of hydrogen-bond acceptors (Lipinski definition) is 3. The van der Waals surface area contributed by atoms with Crippen LogP contribution in [0.15, 0.2) is 66.7 Å². The summed E-state index contributed by atoms with van der Waals surface area (Å²) in [5.74, 6) is -0.0123. The zero-order valence-electron chi connectivity index (χ0n) is 13.3. The molecule has 0 atom stereocenters. The predicted molar refractivity (Wildman–Crippen MR) is 102 cm³/mol. The largest absolute Gasteiger partial charge is 0.506 e. The van der Waals surface area contributed by atoms with Crippen molar-refractivity contribution >= 4 is 27.2 Å². The van der Waals surface area contributed by atoms with Gasteiger partial charge in [0.1, 0.15) is 10.6 Å². The Labute approximate surface area is 149 Å². The van der Waals surface area contributed by atoms with Crippen molar-refractivity contribution in [1.82, 2.24) is 0 Å². The lowest BCUT2D eigenvalue weighted by atomic mass is 9.96. The predicted octanol–water partition coefficient (Wildman–Crippen LogP) is 5.41. The molecule has 3 aromatic carbocycles. The van der Waals surface area contributed by atoms with Crippen LogP contribution in [-0.4, -0.2) is 10.9 Å². The van der Waals surface area contributed by atoms with Gasteiger partial charge in [-0.15, -0.1) is 11.3 Å². The lowest BCUT2D eigenvalue weighted by molar-refractivity contribution is 0.104. The van der Waals surface area contributed by atoms with Gasteiger partial charge in [-0.05, 0) is 40.8 Å². The van der Waals surface area contributed by atoms with Crippen molar-refractivity contribution in [2.24, 2.45) is 0 Å². The molecule has 3 heteroatoms. The van der Waals surface area contributed by atoms with Gasteiger partial charge in [-0.25, -0.2) is 0 Å². The van der Waals surface area contributed by atoms with E-state index in [0.29, 0.717) is 10.4 Å². The van der Waals surface area contributed by atoms with E-state index < -0.39 is 0 Å². The molecule has 0 bridgehead atoms. The van der Waals surface area contributed by atoms with Crippen LogP contribution < -0.4 is 0 Å². The summed E-state index contributed by atoms with van der Waals surface area (Å²) in [5.41, 5.74) is 5.23. The summed E-state index contributed by atoms with van der Waals surface area (Å²) in [6, 6.07) is 21.7. The maximum absolute atomic E-state index is 13.3. The highest BCUT2D eigenvalue weighted by atomic mass is 32.1. The highest BCUT2D eigenvalue weighted by Gasteiger charge is 2.27. The van der Waals surface area contributed by atoms with Gasteiger partial charge in [0, 0.05) is 15.6 Å². The van der Waals surface area contributed by atoms with E-state index in [0.717, 1.165) is 27.6 Å². The third kappa shape index (κ3) is 2.06. The number of benzene rings is 3. The summed E-state index contributed by atoms with van der Waals surface area (Å²) in [6.45, 7) is 0. The third-order valence-corrected chi connectivity index (χ3v) is 6.00. The normalized spacial score (nSPS) is 12.2. The Morgan fingerprint density at radius 1 is 0.880 bits per heavy atom. The minimum Gasteiger partial charge on any atom is -0.506 e. The van der Waals surface area contributed by atoms with Gasteiger partial charge in [-0.2, -0.15) is 0 Å². The average Bonchev–Trinajstić information content (AvgIpc) is 3.19.